The summed E-state index contributed by atoms with van der Waals surface area (Å²) in [5.74, 6) is 1.15. The van der Waals surface area contributed by atoms with E-state index in [2.05, 4.69) is 33.7 Å². The van der Waals surface area contributed by atoms with Gasteiger partial charge in [0.05, 0.1) is 6.54 Å². The average Bonchev–Trinajstić information content (AvgIpc) is 2.47. The van der Waals surface area contributed by atoms with Crippen molar-refractivity contribution >= 4 is 0 Å². The summed E-state index contributed by atoms with van der Waals surface area (Å²) in [6, 6.07) is 0.705. The van der Waals surface area contributed by atoms with Crippen LogP contribution in [0.15, 0.2) is 12.4 Å². The van der Waals surface area contributed by atoms with Crippen molar-refractivity contribution in [3.63, 3.8) is 0 Å². The van der Waals surface area contributed by atoms with Crippen LogP contribution in [0.25, 0.3) is 0 Å². The normalized spacial score (nSPS) is 17.4. The fourth-order valence-corrected chi connectivity index (χ4v) is 1.76. The Morgan fingerprint density at radius 1 is 1.64 bits per heavy atom. The summed E-state index contributed by atoms with van der Waals surface area (Å²) in [5, 5.41) is 3.30. The van der Waals surface area contributed by atoms with E-state index >= 15 is 0 Å². The summed E-state index contributed by atoms with van der Waals surface area (Å²) < 4.78 is 2.09. The van der Waals surface area contributed by atoms with Gasteiger partial charge in [0.25, 0.3) is 0 Å². The topological polar surface area (TPSA) is 33.1 Å². The van der Waals surface area contributed by atoms with E-state index in [9.17, 15) is 0 Å². The molecular weight excluding hydrogens is 176 g/mol. The van der Waals surface area contributed by atoms with Gasteiger partial charge in [0.1, 0.15) is 5.82 Å². The molecule has 0 radical (unpaired) electrons. The summed E-state index contributed by atoms with van der Waals surface area (Å²) in [6.45, 7) is 6.52. The second-order valence-electron chi connectivity index (χ2n) is 3.83. The molecule has 1 aliphatic rings. The number of rotatable bonds is 4. The van der Waals surface area contributed by atoms with Gasteiger partial charge in [-0.25, -0.2) is 4.98 Å². The van der Waals surface area contributed by atoms with Gasteiger partial charge in [-0.2, -0.15) is 0 Å². The Morgan fingerprint density at radius 3 is 2.86 bits per heavy atom. The molecule has 0 unspecified atom stereocenters. The van der Waals surface area contributed by atoms with Crippen molar-refractivity contribution in [2.45, 2.75) is 19.5 Å². The first-order valence-corrected chi connectivity index (χ1v) is 5.22. The van der Waals surface area contributed by atoms with Crippen molar-refractivity contribution in [2.75, 3.05) is 19.6 Å². The number of imidazole rings is 1. The summed E-state index contributed by atoms with van der Waals surface area (Å²) >= 11 is 0. The number of hydrogen-bond acceptors (Lipinski definition) is 3. The molecule has 0 aromatic carbocycles. The number of nitrogens with zero attached hydrogens (tertiary/aromatic N) is 3. The third kappa shape index (κ3) is 1.81. The highest BCUT2D eigenvalue weighted by atomic mass is 15.2. The van der Waals surface area contributed by atoms with Gasteiger partial charge in [0.15, 0.2) is 0 Å². The van der Waals surface area contributed by atoms with E-state index in [-0.39, 0.29) is 0 Å². The van der Waals surface area contributed by atoms with Crippen molar-refractivity contribution in [3.8, 4) is 0 Å². The van der Waals surface area contributed by atoms with Crippen molar-refractivity contribution in [1.29, 1.82) is 0 Å². The highest BCUT2D eigenvalue weighted by molar-refractivity contribution is 4.94. The molecule has 1 aromatic rings. The molecule has 1 aromatic heterocycles. The zero-order valence-corrected chi connectivity index (χ0v) is 8.90. The minimum atomic E-state index is 0.705. The summed E-state index contributed by atoms with van der Waals surface area (Å²) in [6.07, 6.45) is 3.87. The smallest absolute Gasteiger partial charge is 0.122 e. The zero-order valence-electron chi connectivity index (χ0n) is 8.90. The van der Waals surface area contributed by atoms with Crippen LogP contribution in [0.4, 0.5) is 0 Å². The highest BCUT2D eigenvalue weighted by Crippen LogP contribution is 2.09. The lowest BCUT2D eigenvalue weighted by molar-refractivity contribution is 0.140. The SMILES string of the molecule is CCN(Cc1nccn1C)C1CNC1. The van der Waals surface area contributed by atoms with Gasteiger partial charge in [-0.05, 0) is 6.54 Å². The van der Waals surface area contributed by atoms with Gasteiger partial charge >= 0.3 is 0 Å². The Balaban J connectivity index is 1.97. The number of aryl methyl sites for hydroxylation is 1. The molecule has 4 nitrogen and oxygen atoms in total. The minimum Gasteiger partial charge on any atom is -0.337 e. The number of nitrogens with one attached hydrogen (secondary N) is 1. The molecule has 2 heterocycles. The highest BCUT2D eigenvalue weighted by Gasteiger charge is 2.23. The molecule has 0 amide bonds. The van der Waals surface area contributed by atoms with E-state index in [0.29, 0.717) is 6.04 Å². The Labute approximate surface area is 84.9 Å². The van der Waals surface area contributed by atoms with Gasteiger partial charge in [0, 0.05) is 38.6 Å². The summed E-state index contributed by atoms with van der Waals surface area (Å²) in [7, 11) is 2.05. The lowest BCUT2D eigenvalue weighted by atomic mass is 10.1. The maximum atomic E-state index is 4.35. The first-order valence-electron chi connectivity index (χ1n) is 5.22. The first kappa shape index (κ1) is 9.68. The minimum absolute atomic E-state index is 0.705. The molecule has 1 N–H and O–H groups in total. The molecule has 1 fully saturated rings. The van der Waals surface area contributed by atoms with Crippen molar-refractivity contribution in [2.24, 2.45) is 7.05 Å². The average molecular weight is 194 g/mol. The van der Waals surface area contributed by atoms with Crippen LogP contribution in [0.1, 0.15) is 12.7 Å². The van der Waals surface area contributed by atoms with Gasteiger partial charge < -0.3 is 9.88 Å². The molecular formula is C10H18N4. The quantitative estimate of drug-likeness (QED) is 0.744. The lowest BCUT2D eigenvalue weighted by Crippen LogP contribution is -2.56. The predicted octanol–water partition coefficient (Wildman–Crippen LogP) is 0.214. The monoisotopic (exact) mass is 194 g/mol. The molecule has 0 atom stereocenters. The van der Waals surface area contributed by atoms with E-state index < -0.39 is 0 Å². The summed E-state index contributed by atoms with van der Waals surface area (Å²) in [4.78, 5) is 6.82. The molecule has 0 bridgehead atoms. The van der Waals surface area contributed by atoms with Crippen LogP contribution in [0, 0.1) is 0 Å². The predicted molar refractivity (Wildman–Crippen MR) is 55.9 cm³/mol. The number of likely N-dealkylation sites (N-methyl/N-ethyl adjacent to an activating group) is 1. The molecule has 0 saturated carbocycles. The molecule has 78 valence electrons. The van der Waals surface area contributed by atoms with Gasteiger partial charge in [-0.3, -0.25) is 4.90 Å². The standard InChI is InChI=1S/C10H18N4/c1-3-14(9-6-11-7-9)8-10-12-4-5-13(10)2/h4-5,9,11H,3,6-8H2,1-2H3. The molecule has 1 saturated heterocycles. The van der Waals surface area contributed by atoms with Crippen molar-refractivity contribution in [3.05, 3.63) is 18.2 Å². The van der Waals surface area contributed by atoms with Crippen LogP contribution in [-0.2, 0) is 13.6 Å². The Hall–Kier alpha value is -0.870. The van der Waals surface area contributed by atoms with Gasteiger partial charge in [-0.1, -0.05) is 6.92 Å². The van der Waals surface area contributed by atoms with Crippen molar-refractivity contribution < 1.29 is 0 Å². The second kappa shape index (κ2) is 4.11. The van der Waals surface area contributed by atoms with Crippen molar-refractivity contribution in [1.82, 2.24) is 19.8 Å². The maximum absolute atomic E-state index is 4.35. The van der Waals surface area contributed by atoms with Crippen LogP contribution < -0.4 is 5.32 Å². The fraction of sp³-hybridized carbons (Fsp3) is 0.700. The van der Waals surface area contributed by atoms with Crippen LogP contribution >= 0.6 is 0 Å². The van der Waals surface area contributed by atoms with E-state index in [1.807, 2.05) is 12.4 Å². The third-order valence-electron chi connectivity index (χ3n) is 2.95. The largest absolute Gasteiger partial charge is 0.337 e. The maximum Gasteiger partial charge on any atom is 0.122 e. The Morgan fingerprint density at radius 2 is 2.43 bits per heavy atom. The second-order valence-corrected chi connectivity index (χ2v) is 3.83. The summed E-state index contributed by atoms with van der Waals surface area (Å²) in [5.41, 5.74) is 0. The third-order valence-corrected chi connectivity index (χ3v) is 2.95. The lowest BCUT2D eigenvalue weighted by Gasteiger charge is -2.37. The van der Waals surface area contributed by atoms with E-state index in [1.54, 1.807) is 0 Å². The molecule has 0 spiro atoms. The van der Waals surface area contributed by atoms with E-state index in [0.717, 1.165) is 32.0 Å². The molecule has 2 rings (SSSR count). The molecule has 14 heavy (non-hydrogen) atoms. The van der Waals surface area contributed by atoms with Gasteiger partial charge in [0.2, 0.25) is 0 Å². The molecule has 1 aliphatic heterocycles. The fourth-order valence-electron chi connectivity index (χ4n) is 1.76. The van der Waals surface area contributed by atoms with Crippen LogP contribution in [0.3, 0.4) is 0 Å². The number of aromatic nitrogens is 2. The van der Waals surface area contributed by atoms with Crippen LogP contribution in [0.2, 0.25) is 0 Å². The molecule has 4 heteroatoms. The zero-order chi connectivity index (χ0) is 9.97. The Kier molecular flexibility index (Phi) is 2.84. The van der Waals surface area contributed by atoms with Crippen LogP contribution in [-0.4, -0.2) is 40.1 Å². The molecule has 0 aliphatic carbocycles. The number of hydrogen-bond donors (Lipinski definition) is 1. The van der Waals surface area contributed by atoms with E-state index in [4.69, 9.17) is 0 Å². The Bertz CT molecular complexity index is 290. The van der Waals surface area contributed by atoms with E-state index in [1.165, 1.54) is 0 Å². The van der Waals surface area contributed by atoms with Crippen LogP contribution in [0.5, 0.6) is 0 Å². The van der Waals surface area contributed by atoms with Gasteiger partial charge in [-0.15, -0.1) is 0 Å². The first-order chi connectivity index (χ1) is 6.81.